The van der Waals surface area contributed by atoms with Gasteiger partial charge in [-0.15, -0.1) is 0 Å². The van der Waals surface area contributed by atoms with Crippen molar-refractivity contribution in [2.75, 3.05) is 26.0 Å². The van der Waals surface area contributed by atoms with Crippen molar-refractivity contribution in [2.24, 2.45) is 0 Å². The first-order chi connectivity index (χ1) is 12.6. The van der Waals surface area contributed by atoms with Crippen molar-refractivity contribution >= 4 is 17.7 Å². The quantitative estimate of drug-likeness (QED) is 0.643. The van der Waals surface area contributed by atoms with Gasteiger partial charge in [-0.2, -0.15) is 0 Å². The number of carbonyl (C=O) groups is 1. The van der Waals surface area contributed by atoms with Crippen LogP contribution < -0.4 is 5.56 Å². The molecule has 0 aliphatic carbocycles. The molecule has 1 fully saturated rings. The summed E-state index contributed by atoms with van der Waals surface area (Å²) in [6.07, 6.45) is 2.46. The molecule has 1 N–H and O–H groups in total. The molecule has 7 heteroatoms. The molecule has 1 atom stereocenters. The van der Waals surface area contributed by atoms with Crippen LogP contribution in [0.1, 0.15) is 29.3 Å². The molecule has 0 spiro atoms. The summed E-state index contributed by atoms with van der Waals surface area (Å²) in [5, 5.41) is 0.599. The Balaban J connectivity index is 1.63. The van der Waals surface area contributed by atoms with Crippen molar-refractivity contribution < 1.29 is 9.53 Å². The van der Waals surface area contributed by atoms with Crippen molar-refractivity contribution in [3.8, 4) is 0 Å². The lowest BCUT2D eigenvalue weighted by atomic mass is 10.1. The third-order valence-corrected chi connectivity index (χ3v) is 5.15. The van der Waals surface area contributed by atoms with E-state index in [1.165, 1.54) is 11.8 Å². The number of ether oxygens (including phenoxy) is 1. The number of aryl methyl sites for hydroxylation is 1. The van der Waals surface area contributed by atoms with E-state index in [0.29, 0.717) is 49.0 Å². The minimum Gasteiger partial charge on any atom is -0.370 e. The second kappa shape index (κ2) is 8.51. The van der Waals surface area contributed by atoms with Gasteiger partial charge in [-0.3, -0.25) is 9.59 Å². The van der Waals surface area contributed by atoms with Crippen molar-refractivity contribution in [2.45, 2.75) is 31.0 Å². The molecule has 1 amide bonds. The molecule has 1 aliphatic rings. The molecule has 2 aromatic rings. The van der Waals surface area contributed by atoms with E-state index in [1.807, 2.05) is 48.4 Å². The first-order valence-electron chi connectivity index (χ1n) is 8.66. The number of benzene rings is 1. The summed E-state index contributed by atoms with van der Waals surface area (Å²) < 4.78 is 5.81. The Bertz CT molecular complexity index is 823. The fraction of sp³-hybridized carbons (Fsp3) is 0.421. The lowest BCUT2D eigenvalue weighted by Gasteiger charge is -2.33. The fourth-order valence-corrected chi connectivity index (χ4v) is 3.53. The maximum Gasteiger partial charge on any atom is 0.254 e. The van der Waals surface area contributed by atoms with Gasteiger partial charge in [0.15, 0.2) is 5.16 Å². The molecular formula is C19H23N3O3S. The zero-order valence-electron chi connectivity index (χ0n) is 15.0. The van der Waals surface area contributed by atoms with Crippen LogP contribution in [-0.2, 0) is 16.0 Å². The lowest BCUT2D eigenvalue weighted by molar-refractivity contribution is -0.139. The van der Waals surface area contributed by atoms with E-state index < -0.39 is 0 Å². The van der Waals surface area contributed by atoms with Crippen LogP contribution in [0.4, 0.5) is 0 Å². The Morgan fingerprint density at radius 3 is 2.85 bits per heavy atom. The van der Waals surface area contributed by atoms with Crippen LogP contribution in [-0.4, -0.2) is 46.7 Å². The predicted molar refractivity (Wildman–Crippen MR) is 101 cm³/mol. The van der Waals surface area contributed by atoms with Gasteiger partial charge in [0, 0.05) is 24.2 Å². The molecule has 0 radical (unpaired) electrons. The van der Waals surface area contributed by atoms with Crippen molar-refractivity contribution in [1.29, 1.82) is 0 Å². The van der Waals surface area contributed by atoms with Gasteiger partial charge < -0.3 is 14.6 Å². The van der Waals surface area contributed by atoms with Crippen molar-refractivity contribution in [3.63, 3.8) is 0 Å². The number of aromatic amines is 1. The molecule has 3 rings (SSSR count). The topological polar surface area (TPSA) is 75.3 Å². The first-order valence-corrected chi connectivity index (χ1v) is 9.89. The standard InChI is InChI=1S/C19H23N3O3S/c1-13-15(18(24)21-19(20-13)26-2)8-9-17(23)22-10-11-25-16(12-22)14-6-4-3-5-7-14/h3-7,16H,8-12H2,1-2H3,(H,20,21,24). The average molecular weight is 373 g/mol. The highest BCUT2D eigenvalue weighted by atomic mass is 32.2. The molecule has 0 bridgehead atoms. The Morgan fingerprint density at radius 1 is 1.38 bits per heavy atom. The summed E-state index contributed by atoms with van der Waals surface area (Å²) in [5.41, 5.74) is 2.20. The van der Waals surface area contributed by atoms with Crippen LogP contribution >= 0.6 is 11.8 Å². The van der Waals surface area contributed by atoms with Gasteiger partial charge in [0.05, 0.1) is 13.2 Å². The number of hydrogen-bond acceptors (Lipinski definition) is 5. The van der Waals surface area contributed by atoms with E-state index in [9.17, 15) is 9.59 Å². The number of H-pyrrole nitrogens is 1. The van der Waals surface area contributed by atoms with Crippen LogP contribution in [0.25, 0.3) is 0 Å². The summed E-state index contributed by atoms with van der Waals surface area (Å²) in [4.78, 5) is 33.8. The lowest BCUT2D eigenvalue weighted by Crippen LogP contribution is -2.42. The van der Waals surface area contributed by atoms with E-state index >= 15 is 0 Å². The number of nitrogens with one attached hydrogen (secondary N) is 1. The van der Waals surface area contributed by atoms with Crippen LogP contribution in [0.15, 0.2) is 40.3 Å². The molecular weight excluding hydrogens is 350 g/mol. The minimum absolute atomic E-state index is 0.0435. The second-order valence-corrected chi connectivity index (χ2v) is 7.04. The summed E-state index contributed by atoms with van der Waals surface area (Å²) in [6.45, 7) is 3.47. The molecule has 26 heavy (non-hydrogen) atoms. The number of nitrogens with zero attached hydrogens (tertiary/aromatic N) is 2. The molecule has 2 heterocycles. The largest absolute Gasteiger partial charge is 0.370 e. The van der Waals surface area contributed by atoms with Gasteiger partial charge in [0.25, 0.3) is 5.56 Å². The minimum atomic E-state index is -0.154. The fourth-order valence-electron chi connectivity index (χ4n) is 3.11. The van der Waals surface area contributed by atoms with Crippen molar-refractivity contribution in [3.05, 3.63) is 57.5 Å². The summed E-state index contributed by atoms with van der Waals surface area (Å²) >= 11 is 1.40. The van der Waals surface area contributed by atoms with Gasteiger partial charge in [-0.1, -0.05) is 42.1 Å². The van der Waals surface area contributed by atoms with Gasteiger partial charge in [0.2, 0.25) is 5.91 Å². The van der Waals surface area contributed by atoms with E-state index in [-0.39, 0.29) is 17.6 Å². The Morgan fingerprint density at radius 2 is 2.15 bits per heavy atom. The zero-order valence-corrected chi connectivity index (χ0v) is 15.8. The molecule has 0 saturated carbocycles. The smallest absolute Gasteiger partial charge is 0.254 e. The van der Waals surface area contributed by atoms with Crippen LogP contribution in [0, 0.1) is 6.92 Å². The van der Waals surface area contributed by atoms with Crippen LogP contribution in [0.2, 0.25) is 0 Å². The number of amides is 1. The summed E-state index contributed by atoms with van der Waals surface area (Å²) in [6, 6.07) is 9.94. The summed E-state index contributed by atoms with van der Waals surface area (Å²) in [7, 11) is 0. The number of rotatable bonds is 5. The number of morpholine rings is 1. The highest BCUT2D eigenvalue weighted by molar-refractivity contribution is 7.98. The molecule has 1 aromatic heterocycles. The van der Waals surface area contributed by atoms with E-state index in [4.69, 9.17) is 4.74 Å². The number of aromatic nitrogens is 2. The SMILES string of the molecule is CSc1nc(C)c(CCC(=O)N2CCOC(c3ccccc3)C2)c(=O)[nH]1. The van der Waals surface area contributed by atoms with Gasteiger partial charge in [-0.25, -0.2) is 4.98 Å². The van der Waals surface area contributed by atoms with Gasteiger partial charge in [0.1, 0.15) is 6.10 Å². The third kappa shape index (κ3) is 4.34. The maximum absolute atomic E-state index is 12.6. The molecule has 1 aromatic carbocycles. The normalized spacial score (nSPS) is 17.3. The molecule has 1 saturated heterocycles. The number of hydrogen-bond donors (Lipinski definition) is 1. The molecule has 138 valence electrons. The van der Waals surface area contributed by atoms with Crippen LogP contribution in [0.5, 0.6) is 0 Å². The van der Waals surface area contributed by atoms with Gasteiger partial charge in [-0.05, 0) is 25.2 Å². The Hall–Kier alpha value is -2.12. The summed E-state index contributed by atoms with van der Waals surface area (Å²) in [5.74, 6) is 0.0435. The highest BCUT2D eigenvalue weighted by Gasteiger charge is 2.25. The van der Waals surface area contributed by atoms with E-state index in [1.54, 1.807) is 0 Å². The molecule has 6 nitrogen and oxygen atoms in total. The van der Waals surface area contributed by atoms with Crippen molar-refractivity contribution in [1.82, 2.24) is 14.9 Å². The Labute approximate surface area is 157 Å². The number of carbonyl (C=O) groups excluding carboxylic acids is 1. The predicted octanol–water partition coefficient (Wildman–Crippen LogP) is 2.33. The Kier molecular flexibility index (Phi) is 6.11. The van der Waals surface area contributed by atoms with Gasteiger partial charge >= 0.3 is 0 Å². The van der Waals surface area contributed by atoms with Crippen LogP contribution in [0.3, 0.4) is 0 Å². The van der Waals surface area contributed by atoms with E-state index in [2.05, 4.69) is 9.97 Å². The van der Waals surface area contributed by atoms with E-state index in [0.717, 1.165) is 5.56 Å². The monoisotopic (exact) mass is 373 g/mol. The average Bonchev–Trinajstić information content (AvgIpc) is 2.67. The first kappa shape index (κ1) is 18.7. The highest BCUT2D eigenvalue weighted by Crippen LogP contribution is 2.22. The zero-order chi connectivity index (χ0) is 18.5. The third-order valence-electron chi connectivity index (χ3n) is 4.57. The molecule has 1 aliphatic heterocycles. The number of thioether (sulfide) groups is 1. The second-order valence-electron chi connectivity index (χ2n) is 6.25. The maximum atomic E-state index is 12.6. The molecule has 1 unspecified atom stereocenters.